The Morgan fingerprint density at radius 2 is 1.00 bits per heavy atom. The second kappa shape index (κ2) is 9.95. The number of hydrogen-bond acceptors (Lipinski definition) is 5. The van der Waals surface area contributed by atoms with E-state index < -0.39 is 16.9 Å². The van der Waals surface area contributed by atoms with E-state index in [1.807, 2.05) is 0 Å². The van der Waals surface area contributed by atoms with Crippen LogP contribution in [0.4, 0.5) is 0 Å². The second-order valence-corrected chi connectivity index (χ2v) is 3.34. The summed E-state index contributed by atoms with van der Waals surface area (Å²) >= 11 is 0. The Labute approximate surface area is 128 Å². The van der Waals surface area contributed by atoms with Gasteiger partial charge in [0.1, 0.15) is 0 Å². The van der Waals surface area contributed by atoms with Crippen LogP contribution in [0.25, 0.3) is 0 Å². The van der Waals surface area contributed by atoms with E-state index >= 15 is 0 Å². The quantitative estimate of drug-likeness (QED) is 0.177. The standard InChI is InChI=1S/Mg.H3O4P.H4O4Si.Sr.4H/c;2*1-5(2,3)4;;;;;/h;(H3,1,2,3,4);1-4H;;;;;/q+2;;;+2;4*-1. The van der Waals surface area contributed by atoms with Gasteiger partial charge >= 0.3 is 85.4 Å². The molecule has 0 aliphatic carbocycles. The van der Waals surface area contributed by atoms with Crippen LogP contribution in [-0.2, 0) is 4.57 Å². The van der Waals surface area contributed by atoms with Crippen LogP contribution in [0.3, 0.4) is 0 Å². The van der Waals surface area contributed by atoms with Crippen molar-refractivity contribution in [2.45, 2.75) is 0 Å². The van der Waals surface area contributed by atoms with Crippen molar-refractivity contribution in [3.05, 3.63) is 0 Å². The van der Waals surface area contributed by atoms with Gasteiger partial charge in [0, 0.05) is 0 Å². The third-order valence-electron chi connectivity index (χ3n) is 0. The molecule has 0 aromatic rings. The fourth-order valence-electron chi connectivity index (χ4n) is 0. The summed E-state index contributed by atoms with van der Waals surface area (Å²) in [4.78, 5) is 50.9. The van der Waals surface area contributed by atoms with Crippen molar-refractivity contribution in [2.24, 2.45) is 0 Å². The van der Waals surface area contributed by atoms with Crippen LogP contribution in [0.1, 0.15) is 5.71 Å². The first kappa shape index (κ1) is 23.9. The van der Waals surface area contributed by atoms with Crippen LogP contribution in [0.5, 0.6) is 0 Å². The summed E-state index contributed by atoms with van der Waals surface area (Å²) in [5.41, 5.74) is 0. The van der Waals surface area contributed by atoms with Crippen LogP contribution >= 0.6 is 7.82 Å². The molecule has 72 valence electrons. The van der Waals surface area contributed by atoms with Crippen molar-refractivity contribution in [1.82, 2.24) is 0 Å². The van der Waals surface area contributed by atoms with Gasteiger partial charge in [-0.25, -0.2) is 4.57 Å². The van der Waals surface area contributed by atoms with Gasteiger partial charge in [-0.05, 0) is 0 Å². The van der Waals surface area contributed by atoms with E-state index in [-0.39, 0.29) is 74.2 Å². The maximum atomic E-state index is 8.88. The fourth-order valence-corrected chi connectivity index (χ4v) is 0. The van der Waals surface area contributed by atoms with Crippen molar-refractivity contribution in [1.29, 1.82) is 0 Å². The molecule has 12 heteroatoms. The van der Waals surface area contributed by atoms with E-state index in [2.05, 4.69) is 0 Å². The van der Waals surface area contributed by atoms with Crippen molar-refractivity contribution < 1.29 is 44.1 Å². The first-order chi connectivity index (χ1) is 4.00. The number of phosphoric acid groups is 1. The van der Waals surface area contributed by atoms with Gasteiger partial charge in [0.15, 0.2) is 0 Å². The van der Waals surface area contributed by atoms with Gasteiger partial charge in [0.05, 0.1) is 0 Å². The van der Waals surface area contributed by atoms with Gasteiger partial charge in [-0.15, -0.1) is 0 Å². The molecule has 0 atom stereocenters. The van der Waals surface area contributed by atoms with Gasteiger partial charge in [-0.2, -0.15) is 0 Å². The summed E-state index contributed by atoms with van der Waals surface area (Å²) in [5, 5.41) is 0. The number of rotatable bonds is 0. The van der Waals surface area contributed by atoms with E-state index in [0.29, 0.717) is 0 Å². The molecular weight excluding hydrogens is 299 g/mol. The topological polar surface area (TPSA) is 159 Å². The Morgan fingerprint density at radius 3 is 1.00 bits per heavy atom. The average Bonchev–Trinajstić information content (AvgIpc) is 1.12. The molecule has 0 heterocycles. The maximum Gasteiger partial charge on any atom is 2.00 e. The first-order valence-electron chi connectivity index (χ1n) is 1.68. The summed E-state index contributed by atoms with van der Waals surface area (Å²) in [6.07, 6.45) is 0. The number of hydrogen-bond donors (Lipinski definition) is 7. The molecule has 0 saturated carbocycles. The van der Waals surface area contributed by atoms with Gasteiger partial charge < -0.3 is 39.6 Å². The molecular formula is H11MgO8PSiSr. The minimum Gasteiger partial charge on any atom is -1.00 e. The Bertz CT molecular complexity index is 124. The molecule has 0 spiro atoms. The minimum absolute atomic E-state index is 0. The maximum absolute atomic E-state index is 8.88. The first-order valence-corrected chi connectivity index (χ1v) is 5.03. The molecule has 8 nitrogen and oxygen atoms in total. The smallest absolute Gasteiger partial charge is 1.00 e. The molecule has 0 aliphatic rings. The monoisotopic (exact) mass is 310 g/mol. The minimum atomic E-state index is -4.64. The average molecular weight is 310 g/mol. The summed E-state index contributed by atoms with van der Waals surface area (Å²) in [5.74, 6) is 0. The third kappa shape index (κ3) is 278. The van der Waals surface area contributed by atoms with Crippen LogP contribution in [0.2, 0.25) is 0 Å². The molecule has 0 saturated heterocycles. The van der Waals surface area contributed by atoms with Gasteiger partial charge in [-0.1, -0.05) is 0 Å². The van der Waals surface area contributed by atoms with E-state index in [0.717, 1.165) is 0 Å². The summed E-state index contributed by atoms with van der Waals surface area (Å²) in [7, 11) is -9.25. The SMILES string of the molecule is O=P(O)(O)O.O[Si](O)(O)O.[H-].[H-].[H-].[H-].[Mg+2].[Sr+2]. The zero-order valence-electron chi connectivity index (χ0n) is 9.90. The Morgan fingerprint density at radius 1 is 1.00 bits per heavy atom. The molecule has 0 radical (unpaired) electrons. The molecule has 0 aliphatic heterocycles. The third-order valence-corrected chi connectivity index (χ3v) is 0. The van der Waals surface area contributed by atoms with Crippen molar-refractivity contribution >= 4 is 85.4 Å². The Kier molecular flexibility index (Phi) is 19.8. The van der Waals surface area contributed by atoms with Crippen LogP contribution in [-0.4, -0.2) is 111 Å². The predicted molar refractivity (Wildman–Crippen MR) is 44.8 cm³/mol. The van der Waals surface area contributed by atoms with Crippen LogP contribution < -0.4 is 0 Å². The molecule has 12 heavy (non-hydrogen) atoms. The van der Waals surface area contributed by atoms with Crippen molar-refractivity contribution in [3.63, 3.8) is 0 Å². The van der Waals surface area contributed by atoms with Crippen LogP contribution in [0, 0.1) is 0 Å². The molecule has 0 unspecified atom stereocenters. The Balaban J connectivity index is -0.00000000970. The van der Waals surface area contributed by atoms with Gasteiger partial charge in [0.25, 0.3) is 0 Å². The van der Waals surface area contributed by atoms with E-state index in [9.17, 15) is 0 Å². The molecule has 7 N–H and O–H groups in total. The molecule has 0 rings (SSSR count). The molecule has 0 amide bonds. The largest absolute Gasteiger partial charge is 2.00 e. The van der Waals surface area contributed by atoms with Gasteiger partial charge in [0.2, 0.25) is 0 Å². The van der Waals surface area contributed by atoms with Gasteiger partial charge in [-0.3, -0.25) is 0 Å². The predicted octanol–water partition coefficient (Wildman–Crippen LogP) is -3.85. The fraction of sp³-hybridized carbons (Fsp3) is 0. The zero-order valence-corrected chi connectivity index (χ0v) is 12.7. The normalized spacial score (nSPS) is 9.92. The summed E-state index contributed by atoms with van der Waals surface area (Å²) < 4.78 is 8.88. The zero-order chi connectivity index (χ0) is 9.00. The van der Waals surface area contributed by atoms with Crippen molar-refractivity contribution in [2.75, 3.05) is 0 Å². The van der Waals surface area contributed by atoms with E-state index in [1.165, 1.54) is 0 Å². The van der Waals surface area contributed by atoms with E-state index in [1.54, 1.807) is 0 Å². The van der Waals surface area contributed by atoms with Crippen LogP contribution in [0.15, 0.2) is 0 Å². The molecule has 0 bridgehead atoms. The second-order valence-electron chi connectivity index (χ2n) is 1.11. The molecule has 0 fully saturated rings. The molecule has 0 aromatic carbocycles. The van der Waals surface area contributed by atoms with E-state index in [4.69, 9.17) is 38.4 Å². The summed E-state index contributed by atoms with van der Waals surface area (Å²) in [6.45, 7) is 0. The Hall–Kier alpha value is 2.41. The van der Waals surface area contributed by atoms with Crippen molar-refractivity contribution in [3.8, 4) is 0 Å². The molecule has 0 aromatic heterocycles. The summed E-state index contributed by atoms with van der Waals surface area (Å²) in [6, 6.07) is 0.